The fourth-order valence-corrected chi connectivity index (χ4v) is 5.02. The largest absolute Gasteiger partial charge is 0.389 e. The maximum atomic E-state index is 12.7. The first-order chi connectivity index (χ1) is 14.3. The summed E-state index contributed by atoms with van der Waals surface area (Å²) in [4.78, 5) is 2.29. The standard InChI is InChI=1S/C21H26Cl2N2O4S/c1-16(17-2-4-18(22)5-3-17)29-15-20(26)14-24-10-12-25(13-11-24)30(27,28)21-8-6-19(23)7-9-21/h2-9,16,20,26H,10-15H2,1H3/t16-,20-/m1/s1. The van der Waals surface area contributed by atoms with Crippen molar-refractivity contribution in [3.8, 4) is 0 Å². The Hall–Kier alpha value is -1.19. The van der Waals surface area contributed by atoms with Crippen LogP contribution < -0.4 is 0 Å². The van der Waals surface area contributed by atoms with Crippen LogP contribution in [-0.2, 0) is 14.8 Å². The molecule has 0 saturated carbocycles. The summed E-state index contributed by atoms with van der Waals surface area (Å²) in [6, 6.07) is 13.6. The van der Waals surface area contributed by atoms with Gasteiger partial charge in [0.2, 0.25) is 10.0 Å². The van der Waals surface area contributed by atoms with E-state index < -0.39 is 16.1 Å². The normalized spacial score (nSPS) is 18.3. The average molecular weight is 473 g/mol. The van der Waals surface area contributed by atoms with Crippen LogP contribution in [0.25, 0.3) is 0 Å². The second-order valence-electron chi connectivity index (χ2n) is 7.34. The first-order valence-electron chi connectivity index (χ1n) is 9.79. The first-order valence-corrected chi connectivity index (χ1v) is 12.0. The van der Waals surface area contributed by atoms with Crippen molar-refractivity contribution in [3.05, 3.63) is 64.1 Å². The Bertz CT molecular complexity index is 915. The molecular formula is C21H26Cl2N2O4S. The molecule has 3 rings (SSSR count). The molecule has 1 saturated heterocycles. The van der Waals surface area contributed by atoms with Crippen molar-refractivity contribution < 1.29 is 18.3 Å². The zero-order valence-electron chi connectivity index (χ0n) is 16.7. The molecular weight excluding hydrogens is 447 g/mol. The molecule has 0 aromatic heterocycles. The van der Waals surface area contributed by atoms with Crippen LogP contribution in [-0.4, -0.2) is 68.2 Å². The summed E-state index contributed by atoms with van der Waals surface area (Å²) in [5.74, 6) is 0. The molecule has 6 nitrogen and oxygen atoms in total. The number of β-amino-alcohol motifs (C(OH)–C–C–N with tert-alkyl or cyclic N) is 1. The number of piperazine rings is 1. The van der Waals surface area contributed by atoms with Crippen LogP contribution in [0.1, 0.15) is 18.6 Å². The quantitative estimate of drug-likeness (QED) is 0.636. The highest BCUT2D eigenvalue weighted by Crippen LogP contribution is 2.21. The number of sulfonamides is 1. The van der Waals surface area contributed by atoms with Crippen molar-refractivity contribution in [2.75, 3.05) is 39.3 Å². The van der Waals surface area contributed by atoms with Crippen LogP contribution in [0.15, 0.2) is 53.4 Å². The van der Waals surface area contributed by atoms with Gasteiger partial charge < -0.3 is 9.84 Å². The van der Waals surface area contributed by atoms with E-state index in [1.807, 2.05) is 31.2 Å². The van der Waals surface area contributed by atoms with Gasteiger partial charge in [0.15, 0.2) is 0 Å². The van der Waals surface area contributed by atoms with E-state index in [4.69, 9.17) is 27.9 Å². The molecule has 30 heavy (non-hydrogen) atoms. The number of ether oxygens (including phenoxy) is 1. The maximum Gasteiger partial charge on any atom is 0.243 e. The number of nitrogens with zero attached hydrogens (tertiary/aromatic N) is 2. The van der Waals surface area contributed by atoms with E-state index in [2.05, 4.69) is 4.90 Å². The molecule has 2 atom stereocenters. The van der Waals surface area contributed by atoms with Gasteiger partial charge in [-0.15, -0.1) is 0 Å². The van der Waals surface area contributed by atoms with Crippen molar-refractivity contribution in [1.82, 2.24) is 9.21 Å². The number of aliphatic hydroxyl groups excluding tert-OH is 1. The number of hydrogen-bond acceptors (Lipinski definition) is 5. The molecule has 9 heteroatoms. The van der Waals surface area contributed by atoms with Crippen molar-refractivity contribution >= 4 is 33.2 Å². The lowest BCUT2D eigenvalue weighted by molar-refractivity contribution is -0.0186. The van der Waals surface area contributed by atoms with E-state index in [1.165, 1.54) is 16.4 Å². The summed E-state index contributed by atoms with van der Waals surface area (Å²) in [6.45, 7) is 4.41. The molecule has 0 bridgehead atoms. The molecule has 0 unspecified atom stereocenters. The average Bonchev–Trinajstić information content (AvgIpc) is 2.73. The van der Waals surface area contributed by atoms with Crippen LogP contribution in [0.4, 0.5) is 0 Å². The number of aliphatic hydroxyl groups is 1. The van der Waals surface area contributed by atoms with Gasteiger partial charge in [0.25, 0.3) is 0 Å². The Labute approximate surface area is 188 Å². The Balaban J connectivity index is 1.44. The van der Waals surface area contributed by atoms with Gasteiger partial charge in [-0.1, -0.05) is 35.3 Å². The summed E-state index contributed by atoms with van der Waals surface area (Å²) in [5.41, 5.74) is 0.993. The van der Waals surface area contributed by atoms with E-state index >= 15 is 0 Å². The Morgan fingerprint density at radius 3 is 2.07 bits per heavy atom. The van der Waals surface area contributed by atoms with E-state index in [9.17, 15) is 13.5 Å². The zero-order valence-corrected chi connectivity index (χ0v) is 19.1. The van der Waals surface area contributed by atoms with Gasteiger partial charge in [-0.2, -0.15) is 4.31 Å². The lowest BCUT2D eigenvalue weighted by Gasteiger charge is -2.35. The third-order valence-corrected chi connectivity index (χ3v) is 7.55. The summed E-state index contributed by atoms with van der Waals surface area (Å²) in [5, 5.41) is 11.5. The second-order valence-corrected chi connectivity index (χ2v) is 10.2. The second kappa shape index (κ2) is 10.4. The van der Waals surface area contributed by atoms with Gasteiger partial charge in [-0.25, -0.2) is 8.42 Å². The van der Waals surface area contributed by atoms with Crippen LogP contribution in [0.3, 0.4) is 0 Å². The van der Waals surface area contributed by atoms with Crippen molar-refractivity contribution in [2.24, 2.45) is 0 Å². The number of halogens is 2. The molecule has 1 N–H and O–H groups in total. The van der Waals surface area contributed by atoms with Gasteiger partial charge >= 0.3 is 0 Å². The van der Waals surface area contributed by atoms with Gasteiger partial charge in [0.05, 0.1) is 23.7 Å². The third-order valence-electron chi connectivity index (χ3n) is 5.13. The van der Waals surface area contributed by atoms with Crippen LogP contribution in [0.2, 0.25) is 10.0 Å². The monoisotopic (exact) mass is 472 g/mol. The SMILES string of the molecule is C[C@@H](OC[C@H](O)CN1CCN(S(=O)(=O)c2ccc(Cl)cc2)CC1)c1ccc(Cl)cc1. The predicted octanol–water partition coefficient (Wildman–Crippen LogP) is 3.44. The summed E-state index contributed by atoms with van der Waals surface area (Å²) in [7, 11) is -3.53. The zero-order chi connectivity index (χ0) is 21.7. The fraction of sp³-hybridized carbons (Fsp3) is 0.429. The van der Waals surface area contributed by atoms with E-state index in [0.29, 0.717) is 42.8 Å². The predicted molar refractivity (Wildman–Crippen MR) is 118 cm³/mol. The molecule has 1 aliphatic heterocycles. The highest BCUT2D eigenvalue weighted by molar-refractivity contribution is 7.89. The van der Waals surface area contributed by atoms with E-state index in [1.54, 1.807) is 12.1 Å². The highest BCUT2D eigenvalue weighted by Gasteiger charge is 2.29. The van der Waals surface area contributed by atoms with Crippen LogP contribution >= 0.6 is 23.2 Å². The molecule has 0 spiro atoms. The van der Waals surface area contributed by atoms with E-state index in [-0.39, 0.29) is 17.6 Å². The lowest BCUT2D eigenvalue weighted by atomic mass is 10.1. The van der Waals surface area contributed by atoms with Gasteiger partial charge in [0, 0.05) is 42.8 Å². The molecule has 2 aromatic rings. The van der Waals surface area contributed by atoms with Crippen molar-refractivity contribution in [2.45, 2.75) is 24.0 Å². The number of hydrogen-bond donors (Lipinski definition) is 1. The minimum Gasteiger partial charge on any atom is -0.389 e. The number of rotatable bonds is 8. The number of benzene rings is 2. The molecule has 0 amide bonds. The molecule has 0 aliphatic carbocycles. The van der Waals surface area contributed by atoms with Crippen LogP contribution in [0.5, 0.6) is 0 Å². The molecule has 0 radical (unpaired) electrons. The Morgan fingerprint density at radius 1 is 0.967 bits per heavy atom. The fourth-order valence-electron chi connectivity index (χ4n) is 3.34. The molecule has 2 aromatic carbocycles. The van der Waals surface area contributed by atoms with Crippen molar-refractivity contribution in [1.29, 1.82) is 0 Å². The topological polar surface area (TPSA) is 70.1 Å². The van der Waals surface area contributed by atoms with Crippen molar-refractivity contribution in [3.63, 3.8) is 0 Å². The third kappa shape index (κ3) is 6.17. The van der Waals surface area contributed by atoms with E-state index in [0.717, 1.165) is 5.56 Å². The van der Waals surface area contributed by atoms with Crippen LogP contribution in [0, 0.1) is 0 Å². The summed E-state index contributed by atoms with van der Waals surface area (Å²) in [6.07, 6.45) is -0.808. The molecule has 1 fully saturated rings. The highest BCUT2D eigenvalue weighted by atomic mass is 35.5. The molecule has 1 heterocycles. The minimum absolute atomic E-state index is 0.154. The smallest absolute Gasteiger partial charge is 0.243 e. The first kappa shape index (κ1) is 23.5. The maximum absolute atomic E-state index is 12.7. The molecule has 164 valence electrons. The molecule has 1 aliphatic rings. The summed E-state index contributed by atoms with van der Waals surface area (Å²) >= 11 is 11.7. The Kier molecular flexibility index (Phi) is 8.15. The van der Waals surface area contributed by atoms with Gasteiger partial charge in [0.1, 0.15) is 0 Å². The van der Waals surface area contributed by atoms with Gasteiger partial charge in [-0.3, -0.25) is 4.90 Å². The minimum atomic E-state index is -3.53. The Morgan fingerprint density at radius 2 is 1.50 bits per heavy atom. The summed E-state index contributed by atoms with van der Waals surface area (Å²) < 4.78 is 32.7. The van der Waals surface area contributed by atoms with Gasteiger partial charge in [-0.05, 0) is 48.9 Å². The lowest BCUT2D eigenvalue weighted by Crippen LogP contribution is -2.50.